The van der Waals surface area contributed by atoms with E-state index in [1.807, 2.05) is 6.92 Å². The van der Waals surface area contributed by atoms with E-state index in [0.717, 1.165) is 30.0 Å². The number of nitrogens with two attached hydrogens (primary N) is 1. The zero-order chi connectivity index (χ0) is 13.7. The lowest BCUT2D eigenvalue weighted by atomic mass is 10.0. The van der Waals surface area contributed by atoms with Crippen LogP contribution in [0.1, 0.15) is 28.2 Å². The van der Waals surface area contributed by atoms with E-state index in [1.54, 1.807) is 11.3 Å². The molecule has 0 saturated carbocycles. The molecule has 0 aliphatic rings. The van der Waals surface area contributed by atoms with Crippen LogP contribution in [0.5, 0.6) is 0 Å². The van der Waals surface area contributed by atoms with Crippen molar-refractivity contribution in [3.8, 4) is 0 Å². The summed E-state index contributed by atoms with van der Waals surface area (Å²) in [4.78, 5) is 4.49. The van der Waals surface area contributed by atoms with Crippen LogP contribution in [0.4, 0.5) is 0 Å². The molecule has 19 heavy (non-hydrogen) atoms. The van der Waals surface area contributed by atoms with Gasteiger partial charge in [0.15, 0.2) is 0 Å². The Morgan fingerprint density at radius 1 is 1.37 bits per heavy atom. The van der Waals surface area contributed by atoms with E-state index in [-0.39, 0.29) is 6.04 Å². The number of rotatable bonds is 6. The van der Waals surface area contributed by atoms with E-state index in [2.05, 4.69) is 47.0 Å². The van der Waals surface area contributed by atoms with Crippen LogP contribution in [0.15, 0.2) is 29.6 Å². The van der Waals surface area contributed by atoms with Gasteiger partial charge in [0.1, 0.15) is 0 Å². The van der Waals surface area contributed by atoms with E-state index in [1.165, 1.54) is 11.1 Å². The van der Waals surface area contributed by atoms with Crippen molar-refractivity contribution in [2.24, 2.45) is 5.84 Å². The van der Waals surface area contributed by atoms with Crippen LogP contribution in [-0.2, 0) is 12.8 Å². The number of hydrogen-bond donors (Lipinski definition) is 2. The fourth-order valence-corrected chi connectivity index (χ4v) is 2.83. The first-order valence-electron chi connectivity index (χ1n) is 6.60. The van der Waals surface area contributed by atoms with Crippen LogP contribution in [0.25, 0.3) is 0 Å². The number of hydrogen-bond acceptors (Lipinski definition) is 4. The molecule has 0 saturated heterocycles. The van der Waals surface area contributed by atoms with Crippen molar-refractivity contribution in [1.82, 2.24) is 10.4 Å². The lowest BCUT2D eigenvalue weighted by molar-refractivity contribution is 0.488. The molecule has 102 valence electrons. The van der Waals surface area contributed by atoms with Gasteiger partial charge in [-0.25, -0.2) is 4.98 Å². The van der Waals surface area contributed by atoms with Gasteiger partial charge in [0.2, 0.25) is 0 Å². The van der Waals surface area contributed by atoms with Crippen molar-refractivity contribution in [3.05, 3.63) is 51.5 Å². The monoisotopic (exact) mass is 275 g/mol. The molecule has 0 bridgehead atoms. The fraction of sp³-hybridized carbons (Fsp3) is 0.400. The van der Waals surface area contributed by atoms with Crippen molar-refractivity contribution in [2.45, 2.75) is 39.2 Å². The van der Waals surface area contributed by atoms with Crippen molar-refractivity contribution < 1.29 is 0 Å². The quantitative estimate of drug-likeness (QED) is 0.629. The average molecular weight is 275 g/mol. The molecule has 1 aromatic heterocycles. The Bertz CT molecular complexity index is 522. The van der Waals surface area contributed by atoms with Gasteiger partial charge in [0.25, 0.3) is 0 Å². The number of thiazole rings is 1. The number of aromatic nitrogens is 1. The Morgan fingerprint density at radius 2 is 2.21 bits per heavy atom. The first-order chi connectivity index (χ1) is 9.17. The minimum Gasteiger partial charge on any atom is -0.271 e. The van der Waals surface area contributed by atoms with Crippen molar-refractivity contribution in [1.29, 1.82) is 0 Å². The van der Waals surface area contributed by atoms with Gasteiger partial charge in [-0.05, 0) is 32.3 Å². The molecule has 1 atom stereocenters. The highest BCUT2D eigenvalue weighted by molar-refractivity contribution is 7.09. The molecule has 0 spiro atoms. The molecule has 3 N–H and O–H groups in total. The Hall–Kier alpha value is -1.23. The molecule has 2 rings (SSSR count). The first kappa shape index (κ1) is 14.2. The summed E-state index contributed by atoms with van der Waals surface area (Å²) >= 11 is 1.69. The fourth-order valence-electron chi connectivity index (χ4n) is 2.21. The van der Waals surface area contributed by atoms with Gasteiger partial charge in [-0.2, -0.15) is 0 Å². The van der Waals surface area contributed by atoms with Gasteiger partial charge >= 0.3 is 0 Å². The lowest BCUT2D eigenvalue weighted by Crippen LogP contribution is -2.37. The molecule has 0 aliphatic carbocycles. The van der Waals surface area contributed by atoms with Gasteiger partial charge in [-0.1, -0.05) is 29.8 Å². The maximum atomic E-state index is 5.65. The van der Waals surface area contributed by atoms with E-state index in [0.29, 0.717) is 0 Å². The molecule has 0 radical (unpaired) electrons. The van der Waals surface area contributed by atoms with E-state index in [9.17, 15) is 0 Å². The van der Waals surface area contributed by atoms with Crippen LogP contribution in [0.3, 0.4) is 0 Å². The topological polar surface area (TPSA) is 50.9 Å². The number of hydrazine groups is 1. The molecular formula is C15H21N3S. The van der Waals surface area contributed by atoms with Crippen LogP contribution in [0, 0.1) is 13.8 Å². The van der Waals surface area contributed by atoms with Crippen LogP contribution >= 0.6 is 11.3 Å². The van der Waals surface area contributed by atoms with Gasteiger partial charge in [-0.15, -0.1) is 11.3 Å². The number of nitrogens with zero attached hydrogens (tertiary/aromatic N) is 1. The maximum Gasteiger partial charge on any atom is 0.0897 e. The second-order valence-electron chi connectivity index (χ2n) is 4.95. The highest BCUT2D eigenvalue weighted by atomic mass is 32.1. The Labute approximate surface area is 118 Å². The van der Waals surface area contributed by atoms with Gasteiger partial charge < -0.3 is 0 Å². The molecule has 0 aliphatic heterocycles. The average Bonchev–Trinajstić information content (AvgIpc) is 2.80. The zero-order valence-corrected chi connectivity index (χ0v) is 12.3. The highest BCUT2D eigenvalue weighted by Gasteiger charge is 2.10. The van der Waals surface area contributed by atoms with E-state index < -0.39 is 0 Å². The summed E-state index contributed by atoms with van der Waals surface area (Å²) in [5.74, 6) is 5.65. The summed E-state index contributed by atoms with van der Waals surface area (Å²) in [6, 6.07) is 8.93. The summed E-state index contributed by atoms with van der Waals surface area (Å²) in [7, 11) is 0. The smallest absolute Gasteiger partial charge is 0.0897 e. The number of benzene rings is 1. The Balaban J connectivity index is 1.89. The first-order valence-corrected chi connectivity index (χ1v) is 7.48. The third kappa shape index (κ3) is 4.42. The SMILES string of the molecule is Cc1cccc(CCC(Cc2csc(C)n2)NN)c1. The van der Waals surface area contributed by atoms with Crippen molar-refractivity contribution in [3.63, 3.8) is 0 Å². The predicted molar refractivity (Wildman–Crippen MR) is 81.2 cm³/mol. The largest absolute Gasteiger partial charge is 0.271 e. The maximum absolute atomic E-state index is 5.65. The lowest BCUT2D eigenvalue weighted by Gasteiger charge is -2.14. The zero-order valence-electron chi connectivity index (χ0n) is 11.5. The van der Waals surface area contributed by atoms with Crippen LogP contribution in [-0.4, -0.2) is 11.0 Å². The molecule has 3 nitrogen and oxygen atoms in total. The summed E-state index contributed by atoms with van der Waals surface area (Å²) in [5.41, 5.74) is 6.72. The molecule has 0 fully saturated rings. The minimum atomic E-state index is 0.280. The standard InChI is InChI=1S/C15H21N3S/c1-11-4-3-5-13(8-11)6-7-14(18-16)9-15-10-19-12(2)17-15/h3-5,8,10,14,18H,6-7,9,16H2,1-2H3. The number of aryl methyl sites for hydroxylation is 3. The molecule has 2 aromatic rings. The molecule has 1 heterocycles. The van der Waals surface area contributed by atoms with E-state index >= 15 is 0 Å². The molecular weight excluding hydrogens is 254 g/mol. The van der Waals surface area contributed by atoms with E-state index in [4.69, 9.17) is 5.84 Å². The number of nitrogens with one attached hydrogen (secondary N) is 1. The highest BCUT2D eigenvalue weighted by Crippen LogP contribution is 2.13. The summed E-state index contributed by atoms with van der Waals surface area (Å²) in [6.07, 6.45) is 2.96. The normalized spacial score (nSPS) is 12.6. The second kappa shape index (κ2) is 6.80. The van der Waals surface area contributed by atoms with Gasteiger partial charge in [0, 0.05) is 17.8 Å². The summed E-state index contributed by atoms with van der Waals surface area (Å²) in [5, 5.41) is 3.23. The Kier molecular flexibility index (Phi) is 5.07. The van der Waals surface area contributed by atoms with Crippen molar-refractivity contribution >= 4 is 11.3 Å². The van der Waals surface area contributed by atoms with Gasteiger partial charge in [0.05, 0.1) is 10.7 Å². The molecule has 0 amide bonds. The third-order valence-electron chi connectivity index (χ3n) is 3.22. The Morgan fingerprint density at radius 3 is 2.84 bits per heavy atom. The minimum absolute atomic E-state index is 0.280. The van der Waals surface area contributed by atoms with Crippen molar-refractivity contribution in [2.75, 3.05) is 0 Å². The molecule has 4 heteroatoms. The van der Waals surface area contributed by atoms with Gasteiger partial charge in [-0.3, -0.25) is 11.3 Å². The summed E-state index contributed by atoms with van der Waals surface area (Å²) in [6.45, 7) is 4.16. The predicted octanol–water partition coefficient (Wildman–Crippen LogP) is 2.77. The summed E-state index contributed by atoms with van der Waals surface area (Å²) < 4.78 is 0. The molecule has 1 unspecified atom stereocenters. The van der Waals surface area contributed by atoms with Crippen LogP contribution < -0.4 is 11.3 Å². The van der Waals surface area contributed by atoms with Crippen LogP contribution in [0.2, 0.25) is 0 Å². The second-order valence-corrected chi connectivity index (χ2v) is 6.02. The third-order valence-corrected chi connectivity index (χ3v) is 4.04. The molecule has 1 aromatic carbocycles.